The Hall–Kier alpha value is 0.150. The third-order valence-electron chi connectivity index (χ3n) is 4.21. The number of unbranched alkanes of at least 4 members (excludes halogenated alkanes) is 3. The Labute approximate surface area is 152 Å². The van der Waals surface area contributed by atoms with E-state index in [9.17, 15) is 5.11 Å². The standard InChI is InChI=1S/C18H36O5S/c1-4-7-10-20-15-14(13-19)23-18(24)17(22-12-9-6-3)16(15)21-11-8-5-2/h14-19,24H,4-13H2,1-3H3/t14?,15-,16?,17+,18+/m1/s1. The van der Waals surface area contributed by atoms with E-state index in [0.29, 0.717) is 19.8 Å². The highest BCUT2D eigenvalue weighted by molar-refractivity contribution is 7.80. The second kappa shape index (κ2) is 13.4. The number of rotatable bonds is 13. The van der Waals surface area contributed by atoms with Crippen molar-refractivity contribution in [2.45, 2.75) is 89.1 Å². The Bertz CT molecular complexity index is 305. The molecule has 1 rings (SSSR count). The first-order chi connectivity index (χ1) is 11.7. The molecular formula is C18H36O5S. The van der Waals surface area contributed by atoms with Crippen LogP contribution in [0.1, 0.15) is 59.3 Å². The van der Waals surface area contributed by atoms with Gasteiger partial charge in [-0.1, -0.05) is 40.0 Å². The summed E-state index contributed by atoms with van der Waals surface area (Å²) in [6.45, 7) is 8.22. The number of aliphatic hydroxyl groups is 1. The molecule has 0 aromatic rings. The van der Waals surface area contributed by atoms with Gasteiger partial charge >= 0.3 is 0 Å². The molecule has 0 bridgehead atoms. The molecule has 24 heavy (non-hydrogen) atoms. The van der Waals surface area contributed by atoms with Crippen LogP contribution in [0, 0.1) is 0 Å². The number of ether oxygens (including phenoxy) is 4. The monoisotopic (exact) mass is 364 g/mol. The van der Waals surface area contributed by atoms with E-state index >= 15 is 0 Å². The third-order valence-corrected chi connectivity index (χ3v) is 4.63. The fourth-order valence-electron chi connectivity index (χ4n) is 2.70. The van der Waals surface area contributed by atoms with Crippen molar-refractivity contribution >= 4 is 12.6 Å². The molecule has 0 spiro atoms. The van der Waals surface area contributed by atoms with E-state index in [-0.39, 0.29) is 24.9 Å². The van der Waals surface area contributed by atoms with Crippen LogP contribution in [0.5, 0.6) is 0 Å². The maximum Gasteiger partial charge on any atom is 0.129 e. The van der Waals surface area contributed by atoms with Crippen molar-refractivity contribution in [3.8, 4) is 0 Å². The number of hydrogen-bond acceptors (Lipinski definition) is 6. The first-order valence-electron chi connectivity index (χ1n) is 9.48. The lowest BCUT2D eigenvalue weighted by Gasteiger charge is -2.44. The zero-order valence-electron chi connectivity index (χ0n) is 15.5. The molecule has 144 valence electrons. The summed E-state index contributed by atoms with van der Waals surface area (Å²) in [7, 11) is 0. The van der Waals surface area contributed by atoms with E-state index in [1.807, 2.05) is 0 Å². The Morgan fingerprint density at radius 2 is 1.25 bits per heavy atom. The molecule has 0 aromatic heterocycles. The Kier molecular flexibility index (Phi) is 12.4. The van der Waals surface area contributed by atoms with Gasteiger partial charge in [-0.25, -0.2) is 0 Å². The zero-order valence-corrected chi connectivity index (χ0v) is 16.4. The van der Waals surface area contributed by atoms with E-state index in [1.54, 1.807) is 0 Å². The van der Waals surface area contributed by atoms with Crippen LogP contribution < -0.4 is 0 Å². The van der Waals surface area contributed by atoms with Crippen molar-refractivity contribution in [2.24, 2.45) is 0 Å². The van der Waals surface area contributed by atoms with Crippen LogP contribution >= 0.6 is 12.6 Å². The number of aliphatic hydroxyl groups excluding tert-OH is 1. The third kappa shape index (κ3) is 7.18. The van der Waals surface area contributed by atoms with Gasteiger partial charge in [0.1, 0.15) is 29.9 Å². The van der Waals surface area contributed by atoms with Crippen LogP contribution in [-0.2, 0) is 18.9 Å². The van der Waals surface area contributed by atoms with Crippen molar-refractivity contribution in [3.05, 3.63) is 0 Å². The van der Waals surface area contributed by atoms with Crippen LogP contribution in [0.4, 0.5) is 0 Å². The molecule has 0 aliphatic carbocycles. The normalized spacial score (nSPS) is 30.6. The lowest BCUT2D eigenvalue weighted by Crippen LogP contribution is -2.60. The zero-order chi connectivity index (χ0) is 17.8. The van der Waals surface area contributed by atoms with Gasteiger partial charge in [-0.3, -0.25) is 0 Å². The van der Waals surface area contributed by atoms with Crippen LogP contribution in [0.3, 0.4) is 0 Å². The van der Waals surface area contributed by atoms with Gasteiger partial charge in [0.15, 0.2) is 0 Å². The van der Waals surface area contributed by atoms with E-state index < -0.39 is 11.5 Å². The minimum atomic E-state index is -0.429. The topological polar surface area (TPSA) is 57.2 Å². The van der Waals surface area contributed by atoms with Crippen LogP contribution in [-0.4, -0.2) is 61.4 Å². The molecule has 0 saturated carbocycles. The number of thiol groups is 1. The molecule has 1 aliphatic rings. The van der Waals surface area contributed by atoms with Crippen molar-refractivity contribution in [3.63, 3.8) is 0 Å². The molecule has 1 saturated heterocycles. The molecule has 0 amide bonds. The van der Waals surface area contributed by atoms with E-state index in [4.69, 9.17) is 18.9 Å². The second-order valence-corrected chi connectivity index (χ2v) is 6.82. The van der Waals surface area contributed by atoms with Gasteiger partial charge in [0.25, 0.3) is 0 Å². The highest BCUT2D eigenvalue weighted by atomic mass is 32.1. The van der Waals surface area contributed by atoms with Crippen molar-refractivity contribution < 1.29 is 24.1 Å². The molecule has 0 aromatic carbocycles. The molecular weight excluding hydrogens is 328 g/mol. The summed E-state index contributed by atoms with van der Waals surface area (Å²) < 4.78 is 24.0. The SMILES string of the molecule is CCCCOC1[C@H](OCCCC)C(CO)O[C@@H](S)[C@H]1OCCCC. The van der Waals surface area contributed by atoms with E-state index in [1.165, 1.54) is 0 Å². The average Bonchev–Trinajstić information content (AvgIpc) is 2.58. The first kappa shape index (κ1) is 22.2. The molecule has 1 aliphatic heterocycles. The average molecular weight is 365 g/mol. The van der Waals surface area contributed by atoms with Crippen molar-refractivity contribution in [2.75, 3.05) is 26.4 Å². The van der Waals surface area contributed by atoms with Crippen molar-refractivity contribution in [1.82, 2.24) is 0 Å². The highest BCUT2D eigenvalue weighted by Gasteiger charge is 2.46. The lowest BCUT2D eigenvalue weighted by atomic mass is 9.99. The van der Waals surface area contributed by atoms with E-state index in [0.717, 1.165) is 38.5 Å². The molecule has 1 heterocycles. The number of hydrogen-bond donors (Lipinski definition) is 2. The second-order valence-electron chi connectivity index (χ2n) is 6.31. The molecule has 1 N–H and O–H groups in total. The maximum absolute atomic E-state index is 9.69. The predicted molar refractivity (Wildman–Crippen MR) is 98.7 cm³/mol. The van der Waals surface area contributed by atoms with Gasteiger partial charge in [-0.2, -0.15) is 0 Å². The first-order valence-corrected chi connectivity index (χ1v) is 10.00. The van der Waals surface area contributed by atoms with Gasteiger partial charge in [-0.15, -0.1) is 12.6 Å². The molecule has 2 unspecified atom stereocenters. The quantitative estimate of drug-likeness (QED) is 0.388. The highest BCUT2D eigenvalue weighted by Crippen LogP contribution is 2.30. The van der Waals surface area contributed by atoms with E-state index in [2.05, 4.69) is 33.4 Å². The Balaban J connectivity index is 2.79. The summed E-state index contributed by atoms with van der Waals surface area (Å²) in [6, 6.07) is 0. The Morgan fingerprint density at radius 3 is 1.71 bits per heavy atom. The van der Waals surface area contributed by atoms with Gasteiger partial charge in [-0.05, 0) is 19.3 Å². The molecule has 5 nitrogen and oxygen atoms in total. The predicted octanol–water partition coefficient (Wildman–Crippen LogP) is 3.19. The summed E-state index contributed by atoms with van der Waals surface area (Å²) in [5.74, 6) is 0. The Morgan fingerprint density at radius 1 is 0.792 bits per heavy atom. The van der Waals surface area contributed by atoms with Crippen LogP contribution in [0.2, 0.25) is 0 Å². The lowest BCUT2D eigenvalue weighted by molar-refractivity contribution is -0.244. The van der Waals surface area contributed by atoms with Crippen molar-refractivity contribution in [1.29, 1.82) is 0 Å². The van der Waals surface area contributed by atoms with Gasteiger partial charge in [0.05, 0.1) is 6.61 Å². The molecule has 6 heteroatoms. The molecule has 1 fully saturated rings. The minimum absolute atomic E-state index is 0.108. The molecule has 0 radical (unpaired) electrons. The summed E-state index contributed by atoms with van der Waals surface area (Å²) in [5, 5.41) is 9.69. The summed E-state index contributed by atoms with van der Waals surface area (Å²) >= 11 is 4.53. The van der Waals surface area contributed by atoms with Crippen LogP contribution in [0.25, 0.3) is 0 Å². The smallest absolute Gasteiger partial charge is 0.129 e. The minimum Gasteiger partial charge on any atom is -0.394 e. The summed E-state index contributed by atoms with van der Waals surface area (Å²) in [5.41, 5.74) is -0.420. The van der Waals surface area contributed by atoms with Gasteiger partial charge in [0, 0.05) is 19.8 Å². The molecule has 5 atom stereocenters. The van der Waals surface area contributed by atoms with Gasteiger partial charge < -0.3 is 24.1 Å². The maximum atomic E-state index is 9.69. The summed E-state index contributed by atoms with van der Waals surface area (Å²) in [4.78, 5) is 0. The fraction of sp³-hybridized carbons (Fsp3) is 1.00. The summed E-state index contributed by atoms with van der Waals surface area (Å²) in [6.07, 6.45) is 4.85. The largest absolute Gasteiger partial charge is 0.394 e. The van der Waals surface area contributed by atoms with Crippen LogP contribution in [0.15, 0.2) is 0 Å². The van der Waals surface area contributed by atoms with Gasteiger partial charge in [0.2, 0.25) is 0 Å². The fourth-order valence-corrected chi connectivity index (χ4v) is 3.11.